The van der Waals surface area contributed by atoms with Crippen LogP contribution in [0.1, 0.15) is 78.5 Å². The average molecular weight is 316 g/mol. The quantitative estimate of drug-likeness (QED) is 0.903. The third-order valence-corrected chi connectivity index (χ3v) is 4.56. The van der Waals surface area contributed by atoms with E-state index in [-0.39, 0.29) is 5.91 Å². The number of carbonyl (C=O) groups is 2. The van der Waals surface area contributed by atoms with Crippen LogP contribution in [-0.2, 0) is 0 Å². The molecule has 4 nitrogen and oxygen atoms in total. The van der Waals surface area contributed by atoms with Gasteiger partial charge in [-0.05, 0) is 37.1 Å². The Kier molecular flexibility index (Phi) is 7.11. The van der Waals surface area contributed by atoms with E-state index in [2.05, 4.69) is 0 Å². The average Bonchev–Trinajstić information content (AvgIpc) is 2.55. The zero-order chi connectivity index (χ0) is 16.5. The first kappa shape index (κ1) is 17.5. The SMILES string of the molecule is NC(=O)c1ccc(C(=O)N2CCCCCCCCCCC2)cc1. The number of rotatable bonds is 2. The Balaban J connectivity index is 1.99. The van der Waals surface area contributed by atoms with Crippen molar-refractivity contribution in [3.05, 3.63) is 35.4 Å². The third-order valence-electron chi connectivity index (χ3n) is 4.56. The molecule has 1 saturated heterocycles. The lowest BCUT2D eigenvalue weighted by molar-refractivity contribution is 0.0748. The van der Waals surface area contributed by atoms with Crippen molar-refractivity contribution in [3.63, 3.8) is 0 Å². The minimum Gasteiger partial charge on any atom is -0.366 e. The molecular weight excluding hydrogens is 288 g/mol. The Bertz CT molecular complexity index is 499. The molecule has 2 rings (SSSR count). The molecule has 1 aliphatic heterocycles. The van der Waals surface area contributed by atoms with Gasteiger partial charge < -0.3 is 10.6 Å². The van der Waals surface area contributed by atoms with E-state index < -0.39 is 5.91 Å². The van der Waals surface area contributed by atoms with Crippen molar-refractivity contribution < 1.29 is 9.59 Å². The Morgan fingerprint density at radius 3 is 1.52 bits per heavy atom. The Hall–Kier alpha value is -1.84. The maximum Gasteiger partial charge on any atom is 0.253 e. The zero-order valence-corrected chi connectivity index (χ0v) is 13.9. The van der Waals surface area contributed by atoms with E-state index in [0.29, 0.717) is 11.1 Å². The summed E-state index contributed by atoms with van der Waals surface area (Å²) < 4.78 is 0. The Morgan fingerprint density at radius 2 is 1.09 bits per heavy atom. The highest BCUT2D eigenvalue weighted by atomic mass is 16.2. The molecule has 23 heavy (non-hydrogen) atoms. The lowest BCUT2D eigenvalue weighted by Crippen LogP contribution is -2.33. The molecule has 0 spiro atoms. The maximum absolute atomic E-state index is 12.7. The second kappa shape index (κ2) is 9.33. The lowest BCUT2D eigenvalue weighted by Gasteiger charge is -2.23. The van der Waals surface area contributed by atoms with E-state index in [0.717, 1.165) is 25.9 Å². The topological polar surface area (TPSA) is 63.4 Å². The fraction of sp³-hybridized carbons (Fsp3) is 0.579. The standard InChI is InChI=1S/C19H28N2O2/c20-18(22)16-10-12-17(13-11-16)19(23)21-14-8-6-4-2-1-3-5-7-9-15-21/h10-13H,1-9,14-15H2,(H2,20,22). The van der Waals surface area contributed by atoms with Crippen LogP contribution in [0.15, 0.2) is 24.3 Å². The van der Waals surface area contributed by atoms with Crippen molar-refractivity contribution in [3.8, 4) is 0 Å². The first-order valence-electron chi connectivity index (χ1n) is 8.87. The predicted octanol–water partition coefficient (Wildman–Crippen LogP) is 3.75. The number of hydrogen-bond acceptors (Lipinski definition) is 2. The summed E-state index contributed by atoms with van der Waals surface area (Å²) in [7, 11) is 0. The summed E-state index contributed by atoms with van der Waals surface area (Å²) in [5.41, 5.74) is 6.33. The number of nitrogens with zero attached hydrogens (tertiary/aromatic N) is 1. The molecule has 0 unspecified atom stereocenters. The normalized spacial score (nSPS) is 17.8. The van der Waals surface area contributed by atoms with E-state index >= 15 is 0 Å². The van der Waals surface area contributed by atoms with Gasteiger partial charge in [-0.3, -0.25) is 9.59 Å². The van der Waals surface area contributed by atoms with Gasteiger partial charge in [-0.25, -0.2) is 0 Å². The van der Waals surface area contributed by atoms with Gasteiger partial charge in [0, 0.05) is 24.2 Å². The number of nitrogens with two attached hydrogens (primary N) is 1. The second-order valence-corrected chi connectivity index (χ2v) is 6.42. The van der Waals surface area contributed by atoms with Crippen LogP contribution < -0.4 is 5.73 Å². The van der Waals surface area contributed by atoms with Gasteiger partial charge in [-0.1, -0.05) is 44.9 Å². The molecule has 1 aromatic rings. The minimum absolute atomic E-state index is 0.0677. The van der Waals surface area contributed by atoms with Crippen LogP contribution in [-0.4, -0.2) is 29.8 Å². The first-order chi connectivity index (χ1) is 11.2. The van der Waals surface area contributed by atoms with E-state index in [9.17, 15) is 9.59 Å². The van der Waals surface area contributed by atoms with Gasteiger partial charge in [0.15, 0.2) is 0 Å². The highest BCUT2D eigenvalue weighted by molar-refractivity contribution is 5.97. The van der Waals surface area contributed by atoms with E-state index in [1.807, 2.05) is 4.90 Å². The summed E-state index contributed by atoms with van der Waals surface area (Å²) in [6.45, 7) is 1.66. The number of primary amides is 1. The molecule has 1 aliphatic rings. The van der Waals surface area contributed by atoms with Gasteiger partial charge in [0.05, 0.1) is 0 Å². The van der Waals surface area contributed by atoms with E-state index in [4.69, 9.17) is 5.73 Å². The van der Waals surface area contributed by atoms with E-state index in [1.54, 1.807) is 24.3 Å². The van der Waals surface area contributed by atoms with Crippen molar-refractivity contribution in [1.29, 1.82) is 0 Å². The van der Waals surface area contributed by atoms with Crippen LogP contribution in [0.25, 0.3) is 0 Å². The van der Waals surface area contributed by atoms with Crippen molar-refractivity contribution in [2.24, 2.45) is 5.73 Å². The summed E-state index contributed by atoms with van der Waals surface area (Å²) in [5.74, 6) is -0.395. The second-order valence-electron chi connectivity index (χ2n) is 6.42. The highest BCUT2D eigenvalue weighted by Gasteiger charge is 2.16. The molecule has 4 heteroatoms. The molecule has 1 fully saturated rings. The fourth-order valence-electron chi connectivity index (χ4n) is 3.12. The van der Waals surface area contributed by atoms with Gasteiger partial charge in [0.1, 0.15) is 0 Å². The Labute approximate surface area is 139 Å². The fourth-order valence-corrected chi connectivity index (χ4v) is 3.12. The molecule has 0 aromatic heterocycles. The van der Waals surface area contributed by atoms with Crippen LogP contribution in [0, 0.1) is 0 Å². The van der Waals surface area contributed by atoms with Crippen LogP contribution in [0.4, 0.5) is 0 Å². The summed E-state index contributed by atoms with van der Waals surface area (Å²) in [6.07, 6.45) is 11.1. The smallest absolute Gasteiger partial charge is 0.253 e. The predicted molar refractivity (Wildman–Crippen MR) is 92.4 cm³/mol. The molecule has 0 bridgehead atoms. The molecule has 0 radical (unpaired) electrons. The van der Waals surface area contributed by atoms with Crippen LogP contribution in [0.2, 0.25) is 0 Å². The molecule has 1 aromatic carbocycles. The molecule has 0 atom stereocenters. The van der Waals surface area contributed by atoms with Gasteiger partial charge in [-0.15, -0.1) is 0 Å². The molecule has 2 N–H and O–H groups in total. The third kappa shape index (κ3) is 5.70. The van der Waals surface area contributed by atoms with Crippen LogP contribution in [0.5, 0.6) is 0 Å². The summed E-state index contributed by atoms with van der Waals surface area (Å²) in [4.78, 5) is 25.8. The molecule has 1 heterocycles. The zero-order valence-electron chi connectivity index (χ0n) is 13.9. The first-order valence-corrected chi connectivity index (χ1v) is 8.87. The van der Waals surface area contributed by atoms with Gasteiger partial charge in [0.25, 0.3) is 5.91 Å². The molecule has 0 saturated carbocycles. The Morgan fingerprint density at radius 1 is 0.696 bits per heavy atom. The largest absolute Gasteiger partial charge is 0.366 e. The van der Waals surface area contributed by atoms with Crippen molar-refractivity contribution in [2.45, 2.75) is 57.8 Å². The van der Waals surface area contributed by atoms with Gasteiger partial charge in [-0.2, -0.15) is 0 Å². The molecule has 2 amide bonds. The van der Waals surface area contributed by atoms with Crippen LogP contribution >= 0.6 is 0 Å². The van der Waals surface area contributed by atoms with Gasteiger partial charge >= 0.3 is 0 Å². The number of hydrogen-bond donors (Lipinski definition) is 1. The summed E-state index contributed by atoms with van der Waals surface area (Å²) in [5, 5.41) is 0. The number of benzene rings is 1. The molecule has 126 valence electrons. The number of carbonyl (C=O) groups excluding carboxylic acids is 2. The summed E-state index contributed by atoms with van der Waals surface area (Å²) in [6, 6.07) is 6.68. The van der Waals surface area contributed by atoms with Crippen molar-refractivity contribution in [1.82, 2.24) is 4.90 Å². The van der Waals surface area contributed by atoms with Gasteiger partial charge in [0.2, 0.25) is 5.91 Å². The lowest BCUT2D eigenvalue weighted by atomic mass is 10.0. The van der Waals surface area contributed by atoms with E-state index in [1.165, 1.54) is 44.9 Å². The highest BCUT2D eigenvalue weighted by Crippen LogP contribution is 2.15. The number of amides is 2. The minimum atomic E-state index is -0.463. The summed E-state index contributed by atoms with van der Waals surface area (Å²) >= 11 is 0. The monoisotopic (exact) mass is 316 g/mol. The van der Waals surface area contributed by atoms with Crippen molar-refractivity contribution >= 4 is 11.8 Å². The van der Waals surface area contributed by atoms with Crippen molar-refractivity contribution in [2.75, 3.05) is 13.1 Å². The van der Waals surface area contributed by atoms with Crippen LogP contribution in [0.3, 0.4) is 0 Å². The maximum atomic E-state index is 12.7. The molecule has 0 aliphatic carbocycles. The molecular formula is C19H28N2O2.